The third-order valence-corrected chi connectivity index (χ3v) is 0.885. The van der Waals surface area contributed by atoms with E-state index in [0.29, 0.717) is 0 Å². The average molecular weight is 205 g/mol. The topological polar surface area (TPSA) is 17.1 Å². The molecule has 0 aromatic heterocycles. The van der Waals surface area contributed by atoms with E-state index in [-0.39, 0.29) is 0 Å². The Morgan fingerprint density at radius 1 is 1.33 bits per heavy atom. The maximum atomic E-state index is 8.22. The SMILES string of the molecule is Cc1cc[c-]cc1.[O]=[Tc]. The van der Waals surface area contributed by atoms with E-state index in [4.69, 9.17) is 3.50 Å². The van der Waals surface area contributed by atoms with E-state index in [1.165, 1.54) is 5.56 Å². The van der Waals surface area contributed by atoms with Gasteiger partial charge in [-0.3, -0.25) is 0 Å². The number of aryl methyl sites for hydroxylation is 1. The van der Waals surface area contributed by atoms with Crippen molar-refractivity contribution in [2.45, 2.75) is 6.92 Å². The van der Waals surface area contributed by atoms with Crippen molar-refractivity contribution in [3.05, 3.63) is 35.9 Å². The molecule has 49 valence electrons. The van der Waals surface area contributed by atoms with Crippen molar-refractivity contribution in [2.24, 2.45) is 0 Å². The van der Waals surface area contributed by atoms with Crippen molar-refractivity contribution in [3.8, 4) is 0 Å². The summed E-state index contributed by atoms with van der Waals surface area (Å²) in [5.41, 5.74) is 1.29. The summed E-state index contributed by atoms with van der Waals surface area (Å²) in [6, 6.07) is 10.8. The van der Waals surface area contributed by atoms with Crippen LogP contribution in [0.2, 0.25) is 0 Å². The third kappa shape index (κ3) is 4.19. The molecule has 0 spiro atoms. The van der Waals surface area contributed by atoms with Crippen LogP contribution in [-0.2, 0) is 22.4 Å². The summed E-state index contributed by atoms with van der Waals surface area (Å²) < 4.78 is 8.22. The summed E-state index contributed by atoms with van der Waals surface area (Å²) in [6.07, 6.45) is 0. The first-order valence-corrected chi connectivity index (χ1v) is 3.23. The Morgan fingerprint density at radius 2 is 1.78 bits per heavy atom. The van der Waals surface area contributed by atoms with E-state index in [9.17, 15) is 0 Å². The zero-order valence-corrected chi connectivity index (χ0v) is 6.95. The van der Waals surface area contributed by atoms with Crippen molar-refractivity contribution < 1.29 is 22.4 Å². The number of hydrogen-bond acceptors (Lipinski definition) is 1. The van der Waals surface area contributed by atoms with Gasteiger partial charge in [0.05, 0.1) is 0 Å². The van der Waals surface area contributed by atoms with Crippen LogP contribution in [0.25, 0.3) is 0 Å². The molecule has 0 atom stereocenters. The van der Waals surface area contributed by atoms with Crippen molar-refractivity contribution in [2.75, 3.05) is 0 Å². The Hall–Kier alpha value is -0.331. The van der Waals surface area contributed by atoms with Gasteiger partial charge in [0, 0.05) is 0 Å². The summed E-state index contributed by atoms with van der Waals surface area (Å²) >= 11 is 0.900. The van der Waals surface area contributed by atoms with Crippen LogP contribution in [0.3, 0.4) is 0 Å². The number of rotatable bonds is 0. The Kier molecular flexibility index (Phi) is 5.59. The number of benzene rings is 1. The first kappa shape index (κ1) is 8.67. The molecule has 0 bridgehead atoms. The molecule has 0 aliphatic rings. The van der Waals surface area contributed by atoms with E-state index >= 15 is 0 Å². The molecule has 9 heavy (non-hydrogen) atoms. The fraction of sp³-hybridized carbons (Fsp3) is 0.143. The Morgan fingerprint density at radius 3 is 2.00 bits per heavy atom. The fourth-order valence-electron chi connectivity index (χ4n) is 0.470. The Bertz CT molecular complexity index is 150. The Balaban J connectivity index is 0.000000291. The van der Waals surface area contributed by atoms with E-state index in [2.05, 4.69) is 13.0 Å². The second kappa shape index (κ2) is 5.80. The predicted octanol–water partition coefficient (Wildman–Crippen LogP) is 1.67. The van der Waals surface area contributed by atoms with Crippen LogP contribution in [-0.4, -0.2) is 0 Å². The summed E-state index contributed by atoms with van der Waals surface area (Å²) in [6.45, 7) is 2.06. The van der Waals surface area contributed by atoms with Crippen LogP contribution in [0.15, 0.2) is 24.3 Å². The van der Waals surface area contributed by atoms with Gasteiger partial charge in [-0.15, -0.1) is 0 Å². The van der Waals surface area contributed by atoms with Gasteiger partial charge in [0.1, 0.15) is 0 Å². The Labute approximate surface area is 65.5 Å². The van der Waals surface area contributed by atoms with Gasteiger partial charge in [0.25, 0.3) is 0 Å². The molecular formula is C7H7OTc-. The summed E-state index contributed by atoms with van der Waals surface area (Å²) in [7, 11) is 0. The molecule has 0 unspecified atom stereocenters. The van der Waals surface area contributed by atoms with Gasteiger partial charge in [0.15, 0.2) is 0 Å². The van der Waals surface area contributed by atoms with Gasteiger partial charge >= 0.3 is 22.4 Å². The van der Waals surface area contributed by atoms with Crippen molar-refractivity contribution in [3.63, 3.8) is 0 Å². The molecule has 0 saturated carbocycles. The van der Waals surface area contributed by atoms with Gasteiger partial charge < -0.3 is 0 Å². The van der Waals surface area contributed by atoms with Crippen molar-refractivity contribution >= 4 is 0 Å². The molecule has 2 heteroatoms. The van der Waals surface area contributed by atoms with Crippen LogP contribution >= 0.6 is 0 Å². The molecule has 1 aromatic rings. The predicted molar refractivity (Wildman–Crippen MR) is 30.7 cm³/mol. The number of hydrogen-bond donors (Lipinski definition) is 0. The first-order valence-electron chi connectivity index (χ1n) is 2.48. The zero-order valence-electron chi connectivity index (χ0n) is 5.10. The standard InChI is InChI=1S/C7H7.O.Tc/c1-7-5-3-2-4-6-7;;/h3-6H,1H3;;/q-1;;. The third-order valence-electron chi connectivity index (χ3n) is 0.885. The minimum absolute atomic E-state index is 0.900. The second-order valence-electron chi connectivity index (χ2n) is 1.58. The van der Waals surface area contributed by atoms with Crippen LogP contribution in [0.1, 0.15) is 5.56 Å². The molecule has 1 nitrogen and oxygen atoms in total. The zero-order chi connectivity index (χ0) is 7.11. The van der Waals surface area contributed by atoms with E-state index in [1.54, 1.807) is 0 Å². The molecule has 0 fully saturated rings. The quantitative estimate of drug-likeness (QED) is 0.589. The summed E-state index contributed by atoms with van der Waals surface area (Å²) in [4.78, 5) is 0. The van der Waals surface area contributed by atoms with Crippen molar-refractivity contribution in [1.29, 1.82) is 0 Å². The van der Waals surface area contributed by atoms with Crippen LogP contribution in [0.4, 0.5) is 0 Å². The molecule has 0 radical (unpaired) electrons. The molecule has 0 heterocycles. The van der Waals surface area contributed by atoms with Gasteiger partial charge in [-0.1, -0.05) is 6.92 Å². The normalized spacial score (nSPS) is 7.22. The van der Waals surface area contributed by atoms with Gasteiger partial charge in [-0.05, 0) is 0 Å². The summed E-state index contributed by atoms with van der Waals surface area (Å²) in [5, 5.41) is 0. The van der Waals surface area contributed by atoms with Crippen LogP contribution < -0.4 is 0 Å². The molecule has 1 rings (SSSR count). The molecule has 0 saturated heterocycles. The van der Waals surface area contributed by atoms with Crippen molar-refractivity contribution in [1.82, 2.24) is 0 Å². The van der Waals surface area contributed by atoms with Crippen LogP contribution in [0.5, 0.6) is 0 Å². The molecule has 1 aromatic carbocycles. The summed E-state index contributed by atoms with van der Waals surface area (Å²) in [5.74, 6) is 0. The molecular weight excluding hydrogens is 198 g/mol. The minimum atomic E-state index is 0.900. The second-order valence-corrected chi connectivity index (χ2v) is 1.58. The average Bonchev–Trinajstić information content (AvgIpc) is 1.94. The molecule has 0 amide bonds. The maximum absolute atomic E-state index is 8.22. The monoisotopic (exact) mass is 204 g/mol. The molecule has 0 aliphatic carbocycles. The molecule has 0 N–H and O–H groups in total. The fourth-order valence-corrected chi connectivity index (χ4v) is 0.470. The van der Waals surface area contributed by atoms with E-state index in [0.717, 1.165) is 18.9 Å². The molecule has 0 aliphatic heterocycles. The van der Waals surface area contributed by atoms with Gasteiger partial charge in [-0.2, -0.15) is 35.9 Å². The first-order chi connectivity index (χ1) is 4.39. The van der Waals surface area contributed by atoms with Crippen LogP contribution in [0, 0.1) is 13.0 Å². The van der Waals surface area contributed by atoms with E-state index in [1.807, 2.05) is 24.3 Å². The van der Waals surface area contributed by atoms with Gasteiger partial charge in [0.2, 0.25) is 0 Å². The van der Waals surface area contributed by atoms with E-state index < -0.39 is 0 Å². The van der Waals surface area contributed by atoms with Gasteiger partial charge in [-0.25, -0.2) is 0 Å².